The summed E-state index contributed by atoms with van der Waals surface area (Å²) in [5.74, 6) is -0.642. The molecule has 1 fully saturated rings. The number of rotatable bonds is 3. The maximum Gasteiger partial charge on any atom is 0.235 e. The molecule has 4 nitrogen and oxygen atoms in total. The fourth-order valence-corrected chi connectivity index (χ4v) is 2.78. The molecule has 0 amide bonds. The summed E-state index contributed by atoms with van der Waals surface area (Å²) in [5.41, 5.74) is -0.577. The lowest BCUT2D eigenvalue weighted by Gasteiger charge is -2.37. The number of sulfone groups is 1. The molecule has 0 N–H and O–H groups in total. The molecule has 1 saturated carbocycles. The topological polar surface area (TPSA) is 63.6 Å². The fourth-order valence-electron chi connectivity index (χ4n) is 2.14. The third kappa shape index (κ3) is 2.09. The first-order chi connectivity index (χ1) is 8.39. The van der Waals surface area contributed by atoms with E-state index in [1.807, 2.05) is 0 Å². The zero-order valence-corrected chi connectivity index (χ0v) is 10.6. The van der Waals surface area contributed by atoms with Crippen molar-refractivity contribution in [1.29, 1.82) is 0 Å². The summed E-state index contributed by atoms with van der Waals surface area (Å²) in [6.45, 7) is 0. The van der Waals surface area contributed by atoms with E-state index in [1.165, 1.54) is 18.2 Å². The van der Waals surface area contributed by atoms with E-state index in [2.05, 4.69) is 4.99 Å². The SMILES string of the molecule is CS(=O)(=O)c1ccc(C2(N=C=O)CCC2)c(F)c1. The van der Waals surface area contributed by atoms with Crippen LogP contribution in [0.25, 0.3) is 0 Å². The Labute approximate surface area is 104 Å². The fraction of sp³-hybridized carbons (Fsp3) is 0.417. The number of aliphatic imine (C=N–C) groups is 1. The Bertz CT molecular complexity index is 629. The highest BCUT2D eigenvalue weighted by molar-refractivity contribution is 7.90. The van der Waals surface area contributed by atoms with Crippen LogP contribution in [0.3, 0.4) is 0 Å². The molecule has 0 bridgehead atoms. The van der Waals surface area contributed by atoms with Crippen molar-refractivity contribution in [2.45, 2.75) is 29.7 Å². The molecule has 18 heavy (non-hydrogen) atoms. The van der Waals surface area contributed by atoms with Crippen LogP contribution in [0.15, 0.2) is 28.1 Å². The van der Waals surface area contributed by atoms with Crippen LogP contribution in [0.4, 0.5) is 4.39 Å². The van der Waals surface area contributed by atoms with Gasteiger partial charge in [-0.1, -0.05) is 6.07 Å². The molecule has 0 spiro atoms. The molecule has 0 aromatic heterocycles. The van der Waals surface area contributed by atoms with E-state index in [4.69, 9.17) is 0 Å². The second-order valence-electron chi connectivity index (χ2n) is 4.50. The monoisotopic (exact) mass is 269 g/mol. The minimum Gasteiger partial charge on any atom is -0.224 e. The van der Waals surface area contributed by atoms with Crippen LogP contribution in [0.5, 0.6) is 0 Å². The summed E-state index contributed by atoms with van der Waals surface area (Å²) in [5, 5.41) is 0. The van der Waals surface area contributed by atoms with Gasteiger partial charge in [0.05, 0.1) is 4.90 Å². The van der Waals surface area contributed by atoms with Gasteiger partial charge in [-0.05, 0) is 31.4 Å². The van der Waals surface area contributed by atoms with E-state index < -0.39 is 21.2 Å². The molecule has 0 radical (unpaired) electrons. The summed E-state index contributed by atoms with van der Waals surface area (Å²) < 4.78 is 36.6. The Morgan fingerprint density at radius 1 is 1.39 bits per heavy atom. The van der Waals surface area contributed by atoms with Crippen LogP contribution in [0.1, 0.15) is 24.8 Å². The number of hydrogen-bond acceptors (Lipinski definition) is 4. The first-order valence-electron chi connectivity index (χ1n) is 5.48. The van der Waals surface area contributed by atoms with E-state index in [1.54, 1.807) is 0 Å². The van der Waals surface area contributed by atoms with Crippen molar-refractivity contribution in [3.8, 4) is 0 Å². The number of hydrogen-bond donors (Lipinski definition) is 0. The predicted molar refractivity (Wildman–Crippen MR) is 63.2 cm³/mol. The van der Waals surface area contributed by atoms with Gasteiger partial charge >= 0.3 is 0 Å². The highest BCUT2D eigenvalue weighted by Gasteiger charge is 2.41. The maximum atomic E-state index is 14.0. The lowest BCUT2D eigenvalue weighted by Crippen LogP contribution is -2.33. The van der Waals surface area contributed by atoms with Gasteiger partial charge < -0.3 is 0 Å². The van der Waals surface area contributed by atoms with Gasteiger partial charge in [-0.3, -0.25) is 0 Å². The molecular formula is C12H12FNO3S. The average Bonchev–Trinajstić information content (AvgIpc) is 2.22. The van der Waals surface area contributed by atoms with Crippen molar-refractivity contribution in [1.82, 2.24) is 0 Å². The molecular weight excluding hydrogens is 257 g/mol. The van der Waals surface area contributed by atoms with Crippen LogP contribution in [-0.2, 0) is 20.2 Å². The Hall–Kier alpha value is -1.52. The van der Waals surface area contributed by atoms with E-state index in [-0.39, 0.29) is 10.5 Å². The van der Waals surface area contributed by atoms with E-state index in [9.17, 15) is 17.6 Å². The summed E-state index contributed by atoms with van der Waals surface area (Å²) in [4.78, 5) is 14.0. The van der Waals surface area contributed by atoms with Gasteiger partial charge in [0.15, 0.2) is 9.84 Å². The number of carbonyl (C=O) groups excluding carboxylic acids is 1. The maximum absolute atomic E-state index is 14.0. The van der Waals surface area contributed by atoms with Gasteiger partial charge in [0, 0.05) is 11.8 Å². The standard InChI is InChI=1S/C12H12FNO3S/c1-18(16,17)9-3-4-10(11(13)7-9)12(14-8-15)5-2-6-12/h3-4,7H,2,5-6H2,1H3. The first kappa shape index (κ1) is 12.9. The number of nitrogens with zero attached hydrogens (tertiary/aromatic N) is 1. The predicted octanol–water partition coefficient (Wildman–Crippen LogP) is 1.94. The zero-order valence-electron chi connectivity index (χ0n) is 9.81. The van der Waals surface area contributed by atoms with Gasteiger partial charge in [0.1, 0.15) is 11.4 Å². The van der Waals surface area contributed by atoms with Crippen LogP contribution < -0.4 is 0 Å². The lowest BCUT2D eigenvalue weighted by molar-refractivity contribution is 0.247. The van der Waals surface area contributed by atoms with Crippen molar-refractivity contribution < 1.29 is 17.6 Å². The van der Waals surface area contributed by atoms with E-state index in [0.29, 0.717) is 12.8 Å². The molecule has 0 saturated heterocycles. The summed E-state index contributed by atoms with van der Waals surface area (Å²) in [7, 11) is -3.44. The van der Waals surface area contributed by atoms with E-state index >= 15 is 0 Å². The number of isocyanates is 1. The molecule has 0 heterocycles. The van der Waals surface area contributed by atoms with Crippen molar-refractivity contribution >= 4 is 15.9 Å². The van der Waals surface area contributed by atoms with Crippen molar-refractivity contribution in [3.63, 3.8) is 0 Å². The lowest BCUT2D eigenvalue weighted by atomic mass is 9.72. The second-order valence-corrected chi connectivity index (χ2v) is 6.52. The molecule has 0 atom stereocenters. The highest BCUT2D eigenvalue weighted by Crippen LogP contribution is 2.45. The van der Waals surface area contributed by atoms with Gasteiger partial charge in [0.2, 0.25) is 6.08 Å². The van der Waals surface area contributed by atoms with Crippen LogP contribution >= 0.6 is 0 Å². The van der Waals surface area contributed by atoms with Crippen molar-refractivity contribution in [3.05, 3.63) is 29.6 Å². The van der Waals surface area contributed by atoms with Crippen LogP contribution in [0, 0.1) is 5.82 Å². The van der Waals surface area contributed by atoms with Gasteiger partial charge in [0.25, 0.3) is 0 Å². The Morgan fingerprint density at radius 2 is 2.06 bits per heavy atom. The number of benzene rings is 1. The largest absolute Gasteiger partial charge is 0.235 e. The normalized spacial score (nSPS) is 17.7. The summed E-state index contributed by atoms with van der Waals surface area (Å²) in [6, 6.07) is 3.71. The number of halogens is 1. The molecule has 0 unspecified atom stereocenters. The van der Waals surface area contributed by atoms with Crippen LogP contribution in [-0.4, -0.2) is 20.8 Å². The smallest absolute Gasteiger partial charge is 0.224 e. The molecule has 2 rings (SSSR count). The van der Waals surface area contributed by atoms with E-state index in [0.717, 1.165) is 18.7 Å². The molecule has 0 aliphatic heterocycles. The minimum atomic E-state index is -3.44. The van der Waals surface area contributed by atoms with Crippen LogP contribution in [0.2, 0.25) is 0 Å². The van der Waals surface area contributed by atoms with Gasteiger partial charge in [-0.2, -0.15) is 4.99 Å². The molecule has 1 aromatic carbocycles. The van der Waals surface area contributed by atoms with Gasteiger partial charge in [-0.25, -0.2) is 17.6 Å². The Morgan fingerprint density at radius 3 is 2.44 bits per heavy atom. The summed E-state index contributed by atoms with van der Waals surface area (Å²) >= 11 is 0. The van der Waals surface area contributed by atoms with Crippen molar-refractivity contribution in [2.75, 3.05) is 6.26 Å². The quantitative estimate of drug-likeness (QED) is 0.622. The first-order valence-corrected chi connectivity index (χ1v) is 7.37. The molecule has 6 heteroatoms. The average molecular weight is 269 g/mol. The Balaban J connectivity index is 2.51. The summed E-state index contributed by atoms with van der Waals surface area (Å²) in [6.07, 6.45) is 4.51. The third-order valence-electron chi connectivity index (χ3n) is 3.31. The Kier molecular flexibility index (Phi) is 3.09. The highest BCUT2D eigenvalue weighted by atomic mass is 32.2. The molecule has 1 aliphatic rings. The zero-order chi connectivity index (χ0) is 13.4. The molecule has 1 aliphatic carbocycles. The third-order valence-corrected chi connectivity index (χ3v) is 4.42. The molecule has 96 valence electrons. The second kappa shape index (κ2) is 4.30. The van der Waals surface area contributed by atoms with Gasteiger partial charge in [-0.15, -0.1) is 0 Å². The molecule has 1 aromatic rings. The van der Waals surface area contributed by atoms with Crippen molar-refractivity contribution in [2.24, 2.45) is 4.99 Å². The minimum absolute atomic E-state index is 0.0756.